The van der Waals surface area contributed by atoms with Gasteiger partial charge in [0.25, 0.3) is 0 Å². The number of aromatic nitrogens is 6. The number of aromatic amines is 1. The van der Waals surface area contributed by atoms with Crippen LogP contribution in [-0.2, 0) is 13.1 Å². The Kier molecular flexibility index (Phi) is 4.91. The first-order valence-electron chi connectivity index (χ1n) is 10.4. The number of nitrogens with zero attached hydrogens (tertiary/aromatic N) is 6. The molecule has 0 amide bonds. The Bertz CT molecular complexity index is 1210. The van der Waals surface area contributed by atoms with Crippen molar-refractivity contribution in [1.29, 1.82) is 0 Å². The number of rotatable bonds is 5. The largest absolute Gasteiger partial charge is 0.391 e. The molecule has 9 heteroatoms. The average molecular weight is 419 g/mol. The van der Waals surface area contributed by atoms with Crippen LogP contribution in [0.15, 0.2) is 36.9 Å². The topological polar surface area (TPSA) is 122 Å². The van der Waals surface area contributed by atoms with Gasteiger partial charge in [-0.2, -0.15) is 0 Å². The predicted molar refractivity (Wildman–Crippen MR) is 117 cm³/mol. The van der Waals surface area contributed by atoms with E-state index in [0.717, 1.165) is 22.3 Å². The van der Waals surface area contributed by atoms with Gasteiger partial charge in [-0.3, -0.25) is 4.90 Å². The second-order valence-electron chi connectivity index (χ2n) is 8.50. The fourth-order valence-corrected chi connectivity index (χ4v) is 4.57. The predicted octanol–water partition coefficient (Wildman–Crippen LogP) is 1.76. The van der Waals surface area contributed by atoms with Gasteiger partial charge in [-0.05, 0) is 19.4 Å². The van der Waals surface area contributed by atoms with Crippen LogP contribution >= 0.6 is 0 Å². The van der Waals surface area contributed by atoms with Crippen LogP contribution in [0, 0.1) is 13.8 Å². The highest BCUT2D eigenvalue weighted by molar-refractivity contribution is 5.86. The van der Waals surface area contributed by atoms with E-state index in [4.69, 9.17) is 5.73 Å². The Balaban J connectivity index is 1.29. The number of hydrogen-bond acceptors (Lipinski definition) is 7. The van der Waals surface area contributed by atoms with Crippen LogP contribution in [0.3, 0.4) is 0 Å². The van der Waals surface area contributed by atoms with E-state index in [2.05, 4.69) is 62.2 Å². The monoisotopic (exact) mass is 418 g/mol. The van der Waals surface area contributed by atoms with Gasteiger partial charge in [0.1, 0.15) is 11.8 Å². The summed E-state index contributed by atoms with van der Waals surface area (Å²) < 4.78 is 1.85. The lowest BCUT2D eigenvalue weighted by molar-refractivity contribution is 0.162. The summed E-state index contributed by atoms with van der Waals surface area (Å²) in [6.45, 7) is 6.80. The summed E-state index contributed by atoms with van der Waals surface area (Å²) in [5, 5.41) is 19.4. The molecule has 4 N–H and O–H groups in total. The molecule has 2 atom stereocenters. The standard InChI is InChI=1S/C22H26N8O/c1-13-3-14(2)5-15(4-13)7-30-10-18(27-28-30)17-9-29(11-19(17)31)8-16-6-24-21-20(16)25-12-26-22(21)23/h3-6,10,12,17,19,24,31H,7-9,11H2,1-2H3,(H2,23,25,26)/t17-,19+/m1/s1. The summed E-state index contributed by atoms with van der Waals surface area (Å²) >= 11 is 0. The fourth-order valence-electron chi connectivity index (χ4n) is 4.57. The summed E-state index contributed by atoms with van der Waals surface area (Å²) in [5.41, 5.74) is 13.0. The van der Waals surface area contributed by atoms with Crippen molar-refractivity contribution in [2.75, 3.05) is 18.8 Å². The minimum Gasteiger partial charge on any atom is -0.391 e. The first-order valence-corrected chi connectivity index (χ1v) is 10.4. The van der Waals surface area contributed by atoms with Gasteiger partial charge in [0, 0.05) is 43.5 Å². The van der Waals surface area contributed by atoms with Crippen LogP contribution in [-0.4, -0.2) is 59.1 Å². The van der Waals surface area contributed by atoms with Crippen molar-refractivity contribution in [3.8, 4) is 0 Å². The van der Waals surface area contributed by atoms with Crippen LogP contribution in [0.25, 0.3) is 11.0 Å². The minimum atomic E-state index is -0.490. The number of nitrogens with two attached hydrogens (primary N) is 1. The molecule has 0 bridgehead atoms. The maximum Gasteiger partial charge on any atom is 0.151 e. The number of fused-ring (bicyclic) bond motifs is 1. The van der Waals surface area contributed by atoms with Gasteiger partial charge in [-0.1, -0.05) is 34.5 Å². The number of aliphatic hydroxyl groups excluding tert-OH is 1. The van der Waals surface area contributed by atoms with E-state index in [1.54, 1.807) is 0 Å². The minimum absolute atomic E-state index is 0.0714. The number of likely N-dealkylation sites (tertiary alicyclic amines) is 1. The number of β-amino-alcohol motifs (C(OH)–C–C–N with tert-alkyl or cyclic N) is 1. The van der Waals surface area contributed by atoms with E-state index < -0.39 is 6.10 Å². The van der Waals surface area contributed by atoms with Crippen molar-refractivity contribution in [2.45, 2.75) is 39.0 Å². The molecule has 4 heterocycles. The number of nitrogen functional groups attached to an aromatic ring is 1. The molecule has 4 aromatic rings. The zero-order valence-corrected chi connectivity index (χ0v) is 17.7. The van der Waals surface area contributed by atoms with Crippen molar-refractivity contribution >= 4 is 16.9 Å². The molecule has 1 fully saturated rings. The molecule has 1 aliphatic rings. The molecule has 31 heavy (non-hydrogen) atoms. The number of hydrogen-bond donors (Lipinski definition) is 3. The fraction of sp³-hybridized carbons (Fsp3) is 0.364. The molecule has 3 aromatic heterocycles. The molecule has 0 unspecified atom stereocenters. The summed E-state index contributed by atoms with van der Waals surface area (Å²) in [5.74, 6) is 0.369. The summed E-state index contributed by atoms with van der Waals surface area (Å²) in [4.78, 5) is 13.7. The van der Waals surface area contributed by atoms with Crippen molar-refractivity contribution in [3.63, 3.8) is 0 Å². The Morgan fingerprint density at radius 1 is 1.13 bits per heavy atom. The van der Waals surface area contributed by atoms with Gasteiger partial charge in [-0.25, -0.2) is 14.6 Å². The lowest BCUT2D eigenvalue weighted by atomic mass is 10.0. The van der Waals surface area contributed by atoms with E-state index in [1.807, 2.05) is 17.1 Å². The maximum absolute atomic E-state index is 10.7. The van der Waals surface area contributed by atoms with E-state index in [1.165, 1.54) is 23.0 Å². The van der Waals surface area contributed by atoms with Gasteiger partial charge >= 0.3 is 0 Å². The number of H-pyrrole nitrogens is 1. The van der Waals surface area contributed by atoms with Gasteiger partial charge in [0.15, 0.2) is 5.82 Å². The number of anilines is 1. The van der Waals surface area contributed by atoms with Crippen LogP contribution in [0.4, 0.5) is 5.82 Å². The molecule has 5 rings (SSSR count). The molecular weight excluding hydrogens is 392 g/mol. The second-order valence-corrected chi connectivity index (χ2v) is 8.50. The van der Waals surface area contributed by atoms with Crippen LogP contribution in [0.5, 0.6) is 0 Å². The van der Waals surface area contributed by atoms with E-state index >= 15 is 0 Å². The highest BCUT2D eigenvalue weighted by Crippen LogP contribution is 2.29. The number of aryl methyl sites for hydroxylation is 2. The molecule has 1 aliphatic heterocycles. The zero-order valence-electron chi connectivity index (χ0n) is 17.7. The zero-order chi connectivity index (χ0) is 21.5. The Morgan fingerprint density at radius 3 is 2.74 bits per heavy atom. The molecule has 0 aliphatic carbocycles. The second kappa shape index (κ2) is 7.75. The van der Waals surface area contributed by atoms with Gasteiger partial charge < -0.3 is 15.8 Å². The van der Waals surface area contributed by atoms with Gasteiger partial charge in [0.2, 0.25) is 0 Å². The van der Waals surface area contributed by atoms with E-state index in [-0.39, 0.29) is 5.92 Å². The molecule has 1 saturated heterocycles. The third-order valence-corrected chi connectivity index (χ3v) is 5.89. The highest BCUT2D eigenvalue weighted by atomic mass is 16.3. The van der Waals surface area contributed by atoms with E-state index in [0.29, 0.717) is 32.0 Å². The Hall–Kier alpha value is -3.30. The van der Waals surface area contributed by atoms with E-state index in [9.17, 15) is 5.11 Å². The third kappa shape index (κ3) is 3.89. The first-order chi connectivity index (χ1) is 15.0. The Morgan fingerprint density at radius 2 is 1.94 bits per heavy atom. The van der Waals surface area contributed by atoms with Crippen molar-refractivity contribution in [2.24, 2.45) is 0 Å². The Labute approximate surface area is 179 Å². The molecule has 160 valence electrons. The van der Waals surface area contributed by atoms with Gasteiger partial charge in [0.05, 0.1) is 23.9 Å². The molecule has 9 nitrogen and oxygen atoms in total. The SMILES string of the molecule is Cc1cc(C)cc(Cn2cc([C@H]3CN(Cc4c[nH]c5c(N)ncnc45)C[C@@H]3O)nn2)c1. The van der Waals surface area contributed by atoms with Crippen molar-refractivity contribution in [3.05, 3.63) is 64.9 Å². The summed E-state index contributed by atoms with van der Waals surface area (Å²) in [7, 11) is 0. The molecule has 0 saturated carbocycles. The lowest BCUT2D eigenvalue weighted by Crippen LogP contribution is -2.21. The third-order valence-electron chi connectivity index (χ3n) is 5.89. The van der Waals surface area contributed by atoms with Crippen LogP contribution in [0.1, 0.15) is 33.9 Å². The molecule has 0 spiro atoms. The average Bonchev–Trinajstić information content (AvgIpc) is 3.41. The maximum atomic E-state index is 10.7. The number of nitrogens with one attached hydrogen (secondary N) is 1. The number of benzene rings is 1. The lowest BCUT2D eigenvalue weighted by Gasteiger charge is -2.14. The quantitative estimate of drug-likeness (QED) is 0.451. The highest BCUT2D eigenvalue weighted by Gasteiger charge is 2.34. The molecule has 1 aromatic carbocycles. The number of aliphatic hydroxyl groups is 1. The van der Waals surface area contributed by atoms with Crippen molar-refractivity contribution < 1.29 is 5.11 Å². The van der Waals surface area contributed by atoms with Crippen LogP contribution < -0.4 is 5.73 Å². The summed E-state index contributed by atoms with van der Waals surface area (Å²) in [6, 6.07) is 6.49. The molecule has 0 radical (unpaired) electrons. The molecular formula is C22H26N8O. The summed E-state index contributed by atoms with van der Waals surface area (Å²) in [6.07, 6.45) is 4.85. The van der Waals surface area contributed by atoms with Crippen LogP contribution in [0.2, 0.25) is 0 Å². The normalized spacial score (nSPS) is 19.5. The first kappa shape index (κ1) is 19.7. The van der Waals surface area contributed by atoms with Crippen molar-refractivity contribution in [1.82, 2.24) is 34.8 Å². The van der Waals surface area contributed by atoms with Gasteiger partial charge in [-0.15, -0.1) is 5.10 Å². The smallest absolute Gasteiger partial charge is 0.151 e.